The van der Waals surface area contributed by atoms with Gasteiger partial charge in [0.15, 0.2) is 0 Å². The molecule has 3 aromatic rings. The van der Waals surface area contributed by atoms with Gasteiger partial charge in [-0.05, 0) is 66.9 Å². The Balaban J connectivity index is 1.39. The number of carbonyl (C=O) groups is 1. The predicted molar refractivity (Wildman–Crippen MR) is 118 cm³/mol. The number of nitrogens with two attached hydrogens (primary N) is 1. The van der Waals surface area contributed by atoms with Gasteiger partial charge in [0.2, 0.25) is 0 Å². The lowest BCUT2D eigenvalue weighted by molar-refractivity contribution is 0.0734. The van der Waals surface area contributed by atoms with Gasteiger partial charge in [0.05, 0.1) is 5.56 Å². The van der Waals surface area contributed by atoms with Gasteiger partial charge in [0.25, 0.3) is 0 Å². The van der Waals surface area contributed by atoms with E-state index in [9.17, 15) is 4.79 Å². The monoisotopic (exact) mass is 399 g/mol. The molecule has 0 aromatic heterocycles. The molecule has 1 heterocycles. The van der Waals surface area contributed by atoms with E-state index < -0.39 is 5.97 Å². The summed E-state index contributed by atoms with van der Waals surface area (Å²) in [5.41, 5.74) is 9.09. The van der Waals surface area contributed by atoms with Gasteiger partial charge in [-0.2, -0.15) is 0 Å². The number of carbonyl (C=O) groups excluding carboxylic acids is 1. The highest BCUT2D eigenvalue weighted by Crippen LogP contribution is 2.33. The highest BCUT2D eigenvalue weighted by atomic mass is 16.5. The zero-order chi connectivity index (χ0) is 20.9. The maximum absolute atomic E-state index is 12.4. The third-order valence-corrected chi connectivity index (χ3v) is 5.50. The summed E-state index contributed by atoms with van der Waals surface area (Å²) in [5.74, 6) is 0.00766. The summed E-state index contributed by atoms with van der Waals surface area (Å²) in [5, 5.41) is 7.41. The van der Waals surface area contributed by atoms with E-state index in [0.29, 0.717) is 22.9 Å². The number of amidine groups is 1. The number of ether oxygens (including phenoxy) is 1. The Morgan fingerprint density at radius 2 is 1.63 bits per heavy atom. The van der Waals surface area contributed by atoms with Crippen molar-refractivity contribution in [2.24, 2.45) is 5.73 Å². The molecule has 4 rings (SSSR count). The van der Waals surface area contributed by atoms with Crippen LogP contribution in [0.1, 0.15) is 45.9 Å². The van der Waals surface area contributed by atoms with Gasteiger partial charge in [-0.15, -0.1) is 0 Å². The highest BCUT2D eigenvalue weighted by Gasteiger charge is 2.25. The van der Waals surface area contributed by atoms with Crippen molar-refractivity contribution in [2.75, 3.05) is 6.54 Å². The van der Waals surface area contributed by atoms with Crippen LogP contribution in [0.5, 0.6) is 5.75 Å². The second-order valence-electron chi connectivity index (χ2n) is 7.56. The summed E-state index contributed by atoms with van der Waals surface area (Å²) < 4.78 is 5.42. The maximum Gasteiger partial charge on any atom is 0.343 e. The van der Waals surface area contributed by atoms with Gasteiger partial charge in [0.1, 0.15) is 11.6 Å². The fourth-order valence-electron chi connectivity index (χ4n) is 3.92. The Morgan fingerprint density at radius 3 is 2.30 bits per heavy atom. The Morgan fingerprint density at radius 1 is 0.967 bits per heavy atom. The van der Waals surface area contributed by atoms with Crippen molar-refractivity contribution in [1.29, 1.82) is 5.41 Å². The molecule has 0 bridgehead atoms. The fraction of sp³-hybridized carbons (Fsp3) is 0.200. The molecule has 1 aliphatic heterocycles. The molecule has 0 radical (unpaired) electrons. The number of esters is 1. The van der Waals surface area contributed by atoms with Crippen molar-refractivity contribution in [1.82, 2.24) is 4.90 Å². The van der Waals surface area contributed by atoms with Gasteiger partial charge >= 0.3 is 5.97 Å². The second kappa shape index (κ2) is 8.93. The quantitative estimate of drug-likeness (QED) is 0.276. The SMILES string of the molecule is N=C(N)c1ccc(OC(=O)c2ccc(CN3CCCC3c3ccccc3)cc2)cc1. The number of nitrogen functional groups attached to an aromatic ring is 1. The largest absolute Gasteiger partial charge is 0.423 e. The summed E-state index contributed by atoms with van der Waals surface area (Å²) in [7, 11) is 0. The van der Waals surface area contributed by atoms with Crippen LogP contribution in [0.25, 0.3) is 0 Å². The molecular weight excluding hydrogens is 374 g/mol. The van der Waals surface area contributed by atoms with E-state index in [4.69, 9.17) is 15.9 Å². The van der Waals surface area contributed by atoms with Crippen molar-refractivity contribution in [3.63, 3.8) is 0 Å². The Hall–Kier alpha value is -3.44. The van der Waals surface area contributed by atoms with E-state index in [0.717, 1.165) is 13.1 Å². The lowest BCUT2D eigenvalue weighted by Crippen LogP contribution is -2.22. The molecule has 3 aromatic carbocycles. The smallest absolute Gasteiger partial charge is 0.343 e. The number of benzene rings is 3. The van der Waals surface area contributed by atoms with Crippen LogP contribution >= 0.6 is 0 Å². The average molecular weight is 399 g/mol. The number of hydrogen-bond acceptors (Lipinski definition) is 4. The number of rotatable bonds is 6. The Bertz CT molecular complexity index is 1010. The molecule has 5 heteroatoms. The van der Waals surface area contributed by atoms with Crippen LogP contribution < -0.4 is 10.5 Å². The summed E-state index contributed by atoms with van der Waals surface area (Å²) in [6.45, 7) is 1.95. The van der Waals surface area contributed by atoms with Crippen molar-refractivity contribution in [2.45, 2.75) is 25.4 Å². The number of nitrogens with zero attached hydrogens (tertiary/aromatic N) is 1. The number of hydrogen-bond donors (Lipinski definition) is 2. The number of nitrogens with one attached hydrogen (secondary N) is 1. The van der Waals surface area contributed by atoms with E-state index >= 15 is 0 Å². The minimum Gasteiger partial charge on any atom is -0.423 e. The van der Waals surface area contributed by atoms with Crippen LogP contribution in [0.15, 0.2) is 78.9 Å². The molecule has 1 aliphatic rings. The average Bonchev–Trinajstić information content (AvgIpc) is 3.23. The summed E-state index contributed by atoms with van der Waals surface area (Å²) in [6.07, 6.45) is 2.38. The van der Waals surface area contributed by atoms with Crippen molar-refractivity contribution < 1.29 is 9.53 Å². The molecule has 0 spiro atoms. The molecule has 0 saturated carbocycles. The predicted octanol–water partition coefficient (Wildman–Crippen LogP) is 4.53. The molecular formula is C25H25N3O2. The second-order valence-corrected chi connectivity index (χ2v) is 7.56. The first-order chi connectivity index (χ1) is 14.6. The van der Waals surface area contributed by atoms with Gasteiger partial charge < -0.3 is 10.5 Å². The first-order valence-electron chi connectivity index (χ1n) is 10.1. The molecule has 1 unspecified atom stereocenters. The highest BCUT2D eigenvalue weighted by molar-refractivity contribution is 5.95. The molecule has 0 aliphatic carbocycles. The van der Waals surface area contributed by atoms with E-state index in [1.807, 2.05) is 24.3 Å². The van der Waals surface area contributed by atoms with Crippen LogP contribution in [-0.2, 0) is 6.54 Å². The van der Waals surface area contributed by atoms with Crippen molar-refractivity contribution >= 4 is 11.8 Å². The standard InChI is InChI=1S/C25H25N3O2/c26-24(27)20-12-14-22(15-13-20)30-25(29)21-10-8-18(9-11-21)17-28-16-4-7-23(28)19-5-2-1-3-6-19/h1-3,5-6,8-15,23H,4,7,16-17H2,(H3,26,27). The van der Waals surface area contributed by atoms with Gasteiger partial charge in [-0.25, -0.2) is 4.79 Å². The topological polar surface area (TPSA) is 79.4 Å². The molecule has 1 atom stereocenters. The molecule has 30 heavy (non-hydrogen) atoms. The van der Waals surface area contributed by atoms with E-state index in [-0.39, 0.29) is 5.84 Å². The van der Waals surface area contributed by atoms with Gasteiger partial charge in [0, 0.05) is 18.2 Å². The van der Waals surface area contributed by atoms with Gasteiger partial charge in [-0.1, -0.05) is 42.5 Å². The van der Waals surface area contributed by atoms with Crippen molar-refractivity contribution in [3.8, 4) is 5.75 Å². The third-order valence-electron chi connectivity index (χ3n) is 5.50. The van der Waals surface area contributed by atoms with Crippen LogP contribution in [0.2, 0.25) is 0 Å². The van der Waals surface area contributed by atoms with Crippen LogP contribution in [0.3, 0.4) is 0 Å². The molecule has 3 N–H and O–H groups in total. The number of likely N-dealkylation sites (tertiary alicyclic amines) is 1. The lowest BCUT2D eigenvalue weighted by atomic mass is 10.0. The third kappa shape index (κ3) is 4.58. The van der Waals surface area contributed by atoms with E-state index in [1.165, 1.54) is 24.0 Å². The molecule has 1 fully saturated rings. The molecule has 152 valence electrons. The normalized spacial score (nSPS) is 16.3. The van der Waals surface area contributed by atoms with E-state index in [2.05, 4.69) is 35.2 Å². The zero-order valence-electron chi connectivity index (χ0n) is 16.8. The summed E-state index contributed by atoms with van der Waals surface area (Å²) >= 11 is 0. The Kier molecular flexibility index (Phi) is 5.91. The summed E-state index contributed by atoms with van der Waals surface area (Å²) in [4.78, 5) is 14.9. The molecule has 1 saturated heterocycles. The van der Waals surface area contributed by atoms with Crippen LogP contribution in [-0.4, -0.2) is 23.2 Å². The first-order valence-corrected chi connectivity index (χ1v) is 10.1. The fourth-order valence-corrected chi connectivity index (χ4v) is 3.92. The van der Waals surface area contributed by atoms with Gasteiger partial charge in [-0.3, -0.25) is 10.3 Å². The molecule has 5 nitrogen and oxygen atoms in total. The maximum atomic E-state index is 12.4. The Labute approximate surface area is 176 Å². The lowest BCUT2D eigenvalue weighted by Gasteiger charge is -2.25. The van der Waals surface area contributed by atoms with E-state index in [1.54, 1.807) is 24.3 Å². The van der Waals surface area contributed by atoms with Crippen molar-refractivity contribution in [3.05, 3.63) is 101 Å². The van der Waals surface area contributed by atoms with Crippen LogP contribution in [0.4, 0.5) is 0 Å². The zero-order valence-corrected chi connectivity index (χ0v) is 16.8. The first kappa shape index (κ1) is 19.9. The van der Waals surface area contributed by atoms with Crippen LogP contribution in [0, 0.1) is 5.41 Å². The summed E-state index contributed by atoms with van der Waals surface area (Å²) in [6, 6.07) is 25.3. The minimum absolute atomic E-state index is 0.0176. The minimum atomic E-state index is -0.402. The molecule has 0 amide bonds.